The quantitative estimate of drug-likeness (QED) is 0.709. The summed E-state index contributed by atoms with van der Waals surface area (Å²) in [6, 6.07) is 12.9. The highest BCUT2D eigenvalue weighted by molar-refractivity contribution is 7.92. The van der Waals surface area contributed by atoms with Gasteiger partial charge in [-0.25, -0.2) is 13.4 Å². The third-order valence-corrected chi connectivity index (χ3v) is 6.22. The molecule has 1 aromatic heterocycles. The molecule has 2 heterocycles. The summed E-state index contributed by atoms with van der Waals surface area (Å²) < 4.78 is 34.2. The Bertz CT molecular complexity index is 1240. The fraction of sp³-hybridized carbons (Fsp3) is 0.143. The first-order valence-corrected chi connectivity index (χ1v) is 10.4. The minimum absolute atomic E-state index is 0.0289. The predicted molar refractivity (Wildman–Crippen MR) is 110 cm³/mol. The van der Waals surface area contributed by atoms with Crippen molar-refractivity contribution in [1.29, 1.82) is 0 Å². The molecular weight excluding hydrogens is 390 g/mol. The van der Waals surface area contributed by atoms with Crippen molar-refractivity contribution in [3.05, 3.63) is 71.4 Å². The molecule has 2 aromatic carbocycles. The molecule has 0 atom stereocenters. The van der Waals surface area contributed by atoms with Gasteiger partial charge in [0.25, 0.3) is 15.9 Å². The number of anilines is 2. The number of rotatable bonds is 3. The Morgan fingerprint density at radius 3 is 2.55 bits per heavy atom. The lowest BCUT2D eigenvalue weighted by Gasteiger charge is -2.14. The molecule has 0 aliphatic carbocycles. The highest BCUT2D eigenvalue weighted by Gasteiger charge is 2.28. The maximum absolute atomic E-state index is 12.9. The zero-order valence-corrected chi connectivity index (χ0v) is 16.9. The number of amides is 1. The van der Waals surface area contributed by atoms with E-state index in [1.807, 2.05) is 19.9 Å². The summed E-state index contributed by atoms with van der Waals surface area (Å²) in [7, 11) is -2.32. The van der Waals surface area contributed by atoms with Crippen molar-refractivity contribution in [3.8, 4) is 11.5 Å². The molecular formula is C21H19N3O4S. The number of aromatic nitrogens is 1. The molecule has 0 bridgehead atoms. The summed E-state index contributed by atoms with van der Waals surface area (Å²) in [5.74, 6) is 0.664. The fourth-order valence-electron chi connectivity index (χ4n) is 3.06. The second-order valence-corrected chi connectivity index (χ2v) is 8.54. The van der Waals surface area contributed by atoms with E-state index in [2.05, 4.69) is 9.71 Å². The highest BCUT2D eigenvalue weighted by atomic mass is 32.2. The van der Waals surface area contributed by atoms with Crippen LogP contribution in [0.4, 0.5) is 11.5 Å². The molecule has 148 valence electrons. The molecule has 7 nitrogen and oxygen atoms in total. The average molecular weight is 409 g/mol. The number of benzene rings is 2. The Hall–Kier alpha value is -3.39. The fourth-order valence-corrected chi connectivity index (χ4v) is 4.14. The zero-order valence-electron chi connectivity index (χ0n) is 16.1. The number of carbonyl (C=O) groups is 1. The van der Waals surface area contributed by atoms with Gasteiger partial charge in [0.2, 0.25) is 0 Å². The summed E-state index contributed by atoms with van der Waals surface area (Å²) >= 11 is 0. The van der Waals surface area contributed by atoms with Crippen LogP contribution in [-0.2, 0) is 10.0 Å². The minimum atomic E-state index is -3.89. The second-order valence-electron chi connectivity index (χ2n) is 6.85. The Morgan fingerprint density at radius 2 is 1.79 bits per heavy atom. The molecule has 1 N–H and O–H groups in total. The molecule has 0 saturated carbocycles. The van der Waals surface area contributed by atoms with Crippen LogP contribution in [-0.4, -0.2) is 26.4 Å². The van der Waals surface area contributed by atoms with Crippen molar-refractivity contribution in [1.82, 2.24) is 4.98 Å². The van der Waals surface area contributed by atoms with Gasteiger partial charge in [0.05, 0.1) is 10.5 Å². The molecule has 4 rings (SSSR count). The number of nitrogens with zero attached hydrogens (tertiary/aromatic N) is 2. The summed E-state index contributed by atoms with van der Waals surface area (Å²) in [5, 5.41) is 0. The average Bonchev–Trinajstić information content (AvgIpc) is 2.79. The van der Waals surface area contributed by atoms with E-state index in [-0.39, 0.29) is 16.2 Å². The number of sulfonamides is 1. The first kappa shape index (κ1) is 18.9. The van der Waals surface area contributed by atoms with Gasteiger partial charge in [-0.3, -0.25) is 14.4 Å². The number of nitrogens with one attached hydrogen (secondary N) is 1. The van der Waals surface area contributed by atoms with E-state index in [1.165, 1.54) is 23.1 Å². The minimum Gasteiger partial charge on any atom is -0.453 e. The largest absolute Gasteiger partial charge is 0.453 e. The van der Waals surface area contributed by atoms with Crippen LogP contribution in [0.1, 0.15) is 21.5 Å². The molecule has 8 heteroatoms. The SMILES string of the molecule is Cc1ccc(NS(=O)(=O)c2ccc3c(c2)C(=O)N(C)c2ncccc2O3)cc1C. The van der Waals surface area contributed by atoms with Crippen LogP contribution in [0.3, 0.4) is 0 Å². The van der Waals surface area contributed by atoms with Crippen molar-refractivity contribution < 1.29 is 17.9 Å². The van der Waals surface area contributed by atoms with Crippen molar-refractivity contribution in [3.63, 3.8) is 0 Å². The number of ether oxygens (including phenoxy) is 1. The molecule has 3 aromatic rings. The Kier molecular flexibility index (Phi) is 4.50. The topological polar surface area (TPSA) is 88.6 Å². The molecule has 0 unspecified atom stereocenters. The lowest BCUT2D eigenvalue weighted by molar-refractivity contribution is 0.0992. The molecule has 1 aliphatic rings. The van der Waals surface area contributed by atoms with Crippen LogP contribution < -0.4 is 14.4 Å². The van der Waals surface area contributed by atoms with Gasteiger partial charge in [-0.05, 0) is 67.4 Å². The van der Waals surface area contributed by atoms with Gasteiger partial charge < -0.3 is 4.74 Å². The van der Waals surface area contributed by atoms with E-state index in [1.54, 1.807) is 37.5 Å². The smallest absolute Gasteiger partial charge is 0.263 e. The van der Waals surface area contributed by atoms with E-state index in [0.717, 1.165) is 11.1 Å². The normalized spacial score (nSPS) is 13.2. The molecule has 0 saturated heterocycles. The van der Waals surface area contributed by atoms with E-state index < -0.39 is 15.9 Å². The number of fused-ring (bicyclic) bond motifs is 2. The standard InChI is InChI=1S/C21H19N3O4S/c1-13-6-7-15(11-14(13)2)23-29(26,27)16-8-9-18-17(12-16)21(25)24(3)20-19(28-18)5-4-10-22-20/h4-12,23H,1-3H3. The maximum Gasteiger partial charge on any atom is 0.263 e. The van der Waals surface area contributed by atoms with Gasteiger partial charge in [0, 0.05) is 18.9 Å². The van der Waals surface area contributed by atoms with Crippen LogP contribution in [0.25, 0.3) is 0 Å². The van der Waals surface area contributed by atoms with Gasteiger partial charge in [-0.2, -0.15) is 0 Å². The lowest BCUT2D eigenvalue weighted by atomic mass is 10.1. The summed E-state index contributed by atoms with van der Waals surface area (Å²) in [6.07, 6.45) is 1.56. The van der Waals surface area contributed by atoms with Crippen LogP contribution in [0.15, 0.2) is 59.6 Å². The third kappa shape index (κ3) is 3.42. The molecule has 1 aliphatic heterocycles. The second kappa shape index (κ2) is 6.89. The van der Waals surface area contributed by atoms with Crippen molar-refractivity contribution in [2.24, 2.45) is 0 Å². The van der Waals surface area contributed by atoms with E-state index in [0.29, 0.717) is 17.3 Å². The first-order chi connectivity index (χ1) is 13.8. The Labute approximate surface area is 169 Å². The first-order valence-electron chi connectivity index (χ1n) is 8.91. The van der Waals surface area contributed by atoms with Crippen molar-refractivity contribution in [2.75, 3.05) is 16.7 Å². The van der Waals surface area contributed by atoms with E-state index in [9.17, 15) is 13.2 Å². The Balaban J connectivity index is 1.73. The zero-order chi connectivity index (χ0) is 20.8. The third-order valence-electron chi connectivity index (χ3n) is 4.84. The number of aryl methyl sites for hydroxylation is 2. The van der Waals surface area contributed by atoms with Crippen LogP contribution >= 0.6 is 0 Å². The summed E-state index contributed by atoms with van der Waals surface area (Å²) in [4.78, 5) is 18.4. The predicted octanol–water partition coefficient (Wildman–Crippen LogP) is 3.88. The van der Waals surface area contributed by atoms with Crippen LogP contribution in [0, 0.1) is 13.8 Å². The molecule has 0 radical (unpaired) electrons. The van der Waals surface area contributed by atoms with Crippen LogP contribution in [0.2, 0.25) is 0 Å². The number of carbonyl (C=O) groups excluding carboxylic acids is 1. The lowest BCUT2D eigenvalue weighted by Crippen LogP contribution is -2.26. The number of hydrogen-bond donors (Lipinski definition) is 1. The number of hydrogen-bond acceptors (Lipinski definition) is 5. The monoisotopic (exact) mass is 409 g/mol. The van der Waals surface area contributed by atoms with Gasteiger partial charge in [-0.1, -0.05) is 6.07 Å². The molecule has 29 heavy (non-hydrogen) atoms. The van der Waals surface area contributed by atoms with Gasteiger partial charge >= 0.3 is 0 Å². The van der Waals surface area contributed by atoms with E-state index >= 15 is 0 Å². The summed E-state index contributed by atoms with van der Waals surface area (Å²) in [5.41, 5.74) is 2.65. The van der Waals surface area contributed by atoms with Crippen LogP contribution in [0.5, 0.6) is 11.5 Å². The van der Waals surface area contributed by atoms with Crippen molar-refractivity contribution >= 4 is 27.4 Å². The maximum atomic E-state index is 12.9. The number of pyridine rings is 1. The van der Waals surface area contributed by atoms with Gasteiger partial charge in [0.1, 0.15) is 5.75 Å². The summed E-state index contributed by atoms with van der Waals surface area (Å²) in [6.45, 7) is 3.86. The van der Waals surface area contributed by atoms with Gasteiger partial charge in [0.15, 0.2) is 11.6 Å². The molecule has 0 spiro atoms. The van der Waals surface area contributed by atoms with Gasteiger partial charge in [-0.15, -0.1) is 0 Å². The highest BCUT2D eigenvalue weighted by Crippen LogP contribution is 2.37. The molecule has 1 amide bonds. The Morgan fingerprint density at radius 1 is 1.00 bits per heavy atom. The molecule has 0 fully saturated rings. The van der Waals surface area contributed by atoms with Crippen molar-refractivity contribution in [2.45, 2.75) is 18.7 Å². The van der Waals surface area contributed by atoms with E-state index in [4.69, 9.17) is 4.74 Å².